The molecule has 0 saturated carbocycles. The summed E-state index contributed by atoms with van der Waals surface area (Å²) in [4.78, 5) is 32.0. The number of benzene rings is 1. The zero-order valence-electron chi connectivity index (χ0n) is 15.8. The molecule has 0 bridgehead atoms. The van der Waals surface area contributed by atoms with Gasteiger partial charge in [0.1, 0.15) is 11.6 Å². The van der Waals surface area contributed by atoms with E-state index in [9.17, 15) is 19.1 Å². The molecule has 3 aromatic rings. The van der Waals surface area contributed by atoms with E-state index in [2.05, 4.69) is 9.97 Å². The van der Waals surface area contributed by atoms with E-state index in [0.29, 0.717) is 34.8 Å². The van der Waals surface area contributed by atoms with Gasteiger partial charge in [-0.1, -0.05) is 12.1 Å². The fraction of sp³-hybridized carbons (Fsp3) is 0.227. The first-order valence-corrected chi connectivity index (χ1v) is 9.23. The third-order valence-electron chi connectivity index (χ3n) is 5.43. The van der Waals surface area contributed by atoms with Crippen LogP contribution in [0.1, 0.15) is 40.5 Å². The number of aromatic nitrogens is 2. The minimum atomic E-state index is -1.17. The van der Waals surface area contributed by atoms with Crippen LogP contribution in [0.25, 0.3) is 11.3 Å². The summed E-state index contributed by atoms with van der Waals surface area (Å²) >= 11 is 0. The molecular weight excluding hydrogens is 373 g/mol. The van der Waals surface area contributed by atoms with Crippen LogP contribution in [0.5, 0.6) is 0 Å². The molecule has 2 heterocycles. The number of fused-ring (bicyclic) bond motifs is 1. The van der Waals surface area contributed by atoms with Crippen LogP contribution < -0.4 is 5.73 Å². The smallest absolute Gasteiger partial charge is 0.310 e. The number of H-pyrrole nitrogens is 1. The molecule has 0 radical (unpaired) electrons. The van der Waals surface area contributed by atoms with Crippen molar-refractivity contribution in [2.24, 2.45) is 5.41 Å². The molecular formula is C22H20FN3O3. The lowest BCUT2D eigenvalue weighted by Gasteiger charge is -2.28. The summed E-state index contributed by atoms with van der Waals surface area (Å²) in [5.41, 5.74) is 8.60. The number of nitrogen functional groups attached to an aromatic ring is 1. The van der Waals surface area contributed by atoms with E-state index in [4.69, 9.17) is 5.73 Å². The molecule has 1 atom stereocenters. The Hall–Kier alpha value is -3.48. The summed E-state index contributed by atoms with van der Waals surface area (Å²) in [6.45, 7) is 1.58. The van der Waals surface area contributed by atoms with E-state index in [1.165, 1.54) is 12.1 Å². The van der Waals surface area contributed by atoms with E-state index in [-0.39, 0.29) is 24.4 Å². The van der Waals surface area contributed by atoms with E-state index < -0.39 is 11.4 Å². The molecule has 0 fully saturated rings. The molecule has 2 aromatic heterocycles. The Morgan fingerprint density at radius 1 is 1.31 bits per heavy atom. The van der Waals surface area contributed by atoms with Gasteiger partial charge in [0, 0.05) is 42.3 Å². The van der Waals surface area contributed by atoms with E-state index >= 15 is 0 Å². The number of carbonyl (C=O) groups is 2. The van der Waals surface area contributed by atoms with Crippen LogP contribution in [0.2, 0.25) is 0 Å². The van der Waals surface area contributed by atoms with Gasteiger partial charge in [0.15, 0.2) is 5.78 Å². The first-order valence-electron chi connectivity index (χ1n) is 9.23. The number of carboxylic acid groups (broad SMARTS) is 1. The highest BCUT2D eigenvalue weighted by atomic mass is 19.1. The van der Waals surface area contributed by atoms with Crippen molar-refractivity contribution in [1.82, 2.24) is 9.97 Å². The molecule has 1 aliphatic carbocycles. The molecule has 4 rings (SSSR count). The highest BCUT2D eigenvalue weighted by molar-refractivity contribution is 6.04. The van der Waals surface area contributed by atoms with Gasteiger partial charge >= 0.3 is 5.97 Å². The Labute approximate surface area is 166 Å². The lowest BCUT2D eigenvalue weighted by molar-refractivity contribution is -0.148. The number of hydrogen-bond donors (Lipinski definition) is 3. The second kappa shape index (κ2) is 6.84. The van der Waals surface area contributed by atoms with Crippen molar-refractivity contribution in [3.05, 3.63) is 70.8 Å². The molecule has 7 heteroatoms. The maximum Gasteiger partial charge on any atom is 0.310 e. The first-order chi connectivity index (χ1) is 13.8. The maximum absolute atomic E-state index is 13.7. The number of hydrogen-bond acceptors (Lipinski definition) is 4. The lowest BCUT2D eigenvalue weighted by atomic mass is 9.73. The Balaban J connectivity index is 1.89. The number of ketones is 1. The molecule has 4 N–H and O–H groups in total. The zero-order chi connectivity index (χ0) is 20.8. The van der Waals surface area contributed by atoms with Crippen molar-refractivity contribution in [3.8, 4) is 11.3 Å². The number of carboxylic acids is 1. The summed E-state index contributed by atoms with van der Waals surface area (Å²) in [6.07, 6.45) is 2.03. The van der Waals surface area contributed by atoms with Crippen molar-refractivity contribution in [1.29, 1.82) is 0 Å². The zero-order valence-corrected chi connectivity index (χ0v) is 15.8. The minimum Gasteiger partial charge on any atom is -0.481 e. The summed E-state index contributed by atoms with van der Waals surface area (Å²) in [7, 11) is 0. The number of halogens is 1. The molecule has 6 nitrogen and oxygen atoms in total. The van der Waals surface area contributed by atoms with Gasteiger partial charge in [-0.2, -0.15) is 0 Å². The average molecular weight is 393 g/mol. The highest BCUT2D eigenvalue weighted by Crippen LogP contribution is 2.41. The van der Waals surface area contributed by atoms with Crippen LogP contribution in [0, 0.1) is 11.2 Å². The lowest BCUT2D eigenvalue weighted by Crippen LogP contribution is -2.36. The van der Waals surface area contributed by atoms with Gasteiger partial charge in [0.25, 0.3) is 0 Å². The number of nitrogens with one attached hydrogen (secondary N) is 1. The van der Waals surface area contributed by atoms with Crippen molar-refractivity contribution >= 4 is 17.6 Å². The molecule has 1 aliphatic rings. The molecule has 0 unspecified atom stereocenters. The number of rotatable bonds is 4. The maximum atomic E-state index is 13.7. The van der Waals surface area contributed by atoms with Gasteiger partial charge in [0.05, 0.1) is 11.1 Å². The predicted octanol–water partition coefficient (Wildman–Crippen LogP) is 3.61. The van der Waals surface area contributed by atoms with Gasteiger partial charge in [-0.25, -0.2) is 9.37 Å². The van der Waals surface area contributed by atoms with Crippen LogP contribution in [0.15, 0.2) is 42.6 Å². The number of aliphatic carboxylic acids is 1. The van der Waals surface area contributed by atoms with Gasteiger partial charge < -0.3 is 15.8 Å². The minimum absolute atomic E-state index is 0.0821. The summed E-state index contributed by atoms with van der Waals surface area (Å²) < 4.78 is 13.7. The van der Waals surface area contributed by atoms with Gasteiger partial charge in [-0.3, -0.25) is 9.59 Å². The number of aromatic amines is 1. The van der Waals surface area contributed by atoms with Crippen molar-refractivity contribution < 1.29 is 19.1 Å². The highest BCUT2D eigenvalue weighted by Gasteiger charge is 2.43. The Morgan fingerprint density at radius 3 is 2.79 bits per heavy atom. The number of carbonyl (C=O) groups excluding carboxylic acids is 1. The second-order valence-electron chi connectivity index (χ2n) is 7.75. The first kappa shape index (κ1) is 18.9. The fourth-order valence-electron chi connectivity index (χ4n) is 3.99. The summed E-state index contributed by atoms with van der Waals surface area (Å²) in [5, 5.41) is 9.60. The van der Waals surface area contributed by atoms with Crippen molar-refractivity contribution in [2.45, 2.75) is 26.2 Å². The fourth-order valence-corrected chi connectivity index (χ4v) is 3.99. The summed E-state index contributed by atoms with van der Waals surface area (Å²) in [5.74, 6) is -1.26. The third kappa shape index (κ3) is 3.40. The van der Waals surface area contributed by atoms with E-state index in [1.54, 1.807) is 37.4 Å². The van der Waals surface area contributed by atoms with Crippen LogP contribution in [-0.4, -0.2) is 26.8 Å². The van der Waals surface area contributed by atoms with Gasteiger partial charge in [-0.05, 0) is 42.3 Å². The molecule has 0 spiro atoms. The van der Waals surface area contributed by atoms with E-state index in [0.717, 1.165) is 11.1 Å². The Morgan fingerprint density at radius 2 is 2.10 bits per heavy atom. The Kier molecular flexibility index (Phi) is 4.45. The topological polar surface area (TPSA) is 109 Å². The molecule has 1 aromatic carbocycles. The Bertz CT molecular complexity index is 1140. The number of nitrogens with zero attached hydrogens (tertiary/aromatic N) is 1. The van der Waals surface area contributed by atoms with Crippen LogP contribution in [0.4, 0.5) is 10.2 Å². The average Bonchev–Trinajstić information content (AvgIpc) is 3.00. The molecule has 0 saturated heterocycles. The second-order valence-corrected chi connectivity index (χ2v) is 7.75. The predicted molar refractivity (Wildman–Crippen MR) is 106 cm³/mol. The van der Waals surface area contributed by atoms with Crippen LogP contribution in [0.3, 0.4) is 0 Å². The van der Waals surface area contributed by atoms with Crippen LogP contribution >= 0.6 is 0 Å². The van der Waals surface area contributed by atoms with E-state index in [1.807, 2.05) is 0 Å². The number of Topliss-reactive ketones (excluding diaryl/α,β-unsaturated/α-hetero) is 1. The SMILES string of the molecule is C[C@@]1(C(=O)O)CC(=O)c2c([nH]c(-c3ccnc(N)c3)c2Cc2cccc(F)c2)C1. The monoisotopic (exact) mass is 393 g/mol. The third-order valence-corrected chi connectivity index (χ3v) is 5.43. The van der Waals surface area contributed by atoms with Crippen molar-refractivity contribution in [3.63, 3.8) is 0 Å². The number of anilines is 1. The quantitative estimate of drug-likeness (QED) is 0.627. The molecule has 29 heavy (non-hydrogen) atoms. The van der Waals surface area contributed by atoms with Gasteiger partial charge in [-0.15, -0.1) is 0 Å². The van der Waals surface area contributed by atoms with Crippen LogP contribution in [-0.2, 0) is 17.6 Å². The largest absolute Gasteiger partial charge is 0.481 e. The summed E-state index contributed by atoms with van der Waals surface area (Å²) in [6, 6.07) is 9.67. The van der Waals surface area contributed by atoms with Crippen molar-refractivity contribution in [2.75, 3.05) is 5.73 Å². The molecule has 0 amide bonds. The standard InChI is InChI=1S/C22H20FN3O3/c1-22(21(28)29)10-16-19(17(27)11-22)15(8-12-3-2-4-14(23)7-12)20(26-16)13-5-6-25-18(24)9-13/h2-7,9,26H,8,10-11H2,1H3,(H2,24,25)(H,28,29)/t22-/m0/s1. The number of pyridine rings is 1. The normalized spacial score (nSPS) is 18.5. The molecule has 0 aliphatic heterocycles. The molecule has 148 valence electrons. The number of nitrogens with two attached hydrogens (primary N) is 1. The van der Waals surface area contributed by atoms with Gasteiger partial charge in [0.2, 0.25) is 0 Å².